The summed E-state index contributed by atoms with van der Waals surface area (Å²) >= 11 is 3.55. The lowest BCUT2D eigenvalue weighted by Gasteiger charge is -2.31. The second kappa shape index (κ2) is 6.57. The van der Waals surface area contributed by atoms with E-state index >= 15 is 0 Å². The topological polar surface area (TPSA) is 53.9 Å². The van der Waals surface area contributed by atoms with Gasteiger partial charge in [-0.15, -0.1) is 0 Å². The molecule has 1 aliphatic carbocycles. The number of aromatic nitrogens is 3. The molecule has 0 bridgehead atoms. The zero-order valence-electron chi connectivity index (χ0n) is 14.6. The summed E-state index contributed by atoms with van der Waals surface area (Å²) in [4.78, 5) is 22.4. The number of H-pyrrole nitrogens is 1. The van der Waals surface area contributed by atoms with Gasteiger partial charge in [0, 0.05) is 22.4 Å². The molecule has 0 aliphatic heterocycles. The number of nitrogens with one attached hydrogen (secondary N) is 1. The van der Waals surface area contributed by atoms with Crippen LogP contribution in [0.1, 0.15) is 31.7 Å². The molecule has 4 rings (SSSR count). The molecular formula is C19H23BrN4O. The van der Waals surface area contributed by atoms with Crippen LogP contribution in [0.4, 0.5) is 0 Å². The molecule has 0 atom stereocenters. The van der Waals surface area contributed by atoms with Crippen LogP contribution in [0, 0.1) is 5.92 Å². The van der Waals surface area contributed by atoms with Crippen molar-refractivity contribution in [3.05, 3.63) is 39.4 Å². The Morgan fingerprint density at radius 1 is 1.28 bits per heavy atom. The van der Waals surface area contributed by atoms with E-state index in [9.17, 15) is 4.79 Å². The number of aromatic amines is 1. The highest BCUT2D eigenvalue weighted by Crippen LogP contribution is 2.35. The summed E-state index contributed by atoms with van der Waals surface area (Å²) in [5, 5.41) is 1.03. The van der Waals surface area contributed by atoms with Gasteiger partial charge >= 0.3 is 5.69 Å². The Morgan fingerprint density at radius 3 is 2.76 bits per heavy atom. The Labute approximate surface area is 155 Å². The van der Waals surface area contributed by atoms with Crippen molar-refractivity contribution in [3.63, 3.8) is 0 Å². The van der Waals surface area contributed by atoms with E-state index in [-0.39, 0.29) is 11.7 Å². The summed E-state index contributed by atoms with van der Waals surface area (Å²) in [6.07, 6.45) is 6.25. The lowest BCUT2D eigenvalue weighted by molar-refractivity contribution is 0.224. The zero-order chi connectivity index (χ0) is 17.6. The average Bonchev–Trinajstić information content (AvgIpc) is 2.91. The first-order chi connectivity index (χ1) is 12.0. The smallest absolute Gasteiger partial charge is 0.309 e. The number of hydrogen-bond acceptors (Lipinski definition) is 3. The molecule has 3 aromatic rings. The lowest BCUT2D eigenvalue weighted by Crippen LogP contribution is -2.30. The fraction of sp³-hybridized carbons (Fsp3) is 0.474. The number of hydrogen-bond donors (Lipinski definition) is 1. The molecule has 5 nitrogen and oxygen atoms in total. The molecule has 0 radical (unpaired) electrons. The highest BCUT2D eigenvalue weighted by Gasteiger charge is 2.26. The summed E-state index contributed by atoms with van der Waals surface area (Å²) in [5.74, 6) is 0.736. The van der Waals surface area contributed by atoms with Crippen LogP contribution in [-0.2, 0) is 0 Å². The molecule has 0 unspecified atom stereocenters. The SMILES string of the molecule is CN(C)CC1CCC(n2c(=O)[nH]c3cnc4ccc(Br)cc4c32)CC1. The van der Waals surface area contributed by atoms with Crippen molar-refractivity contribution in [2.24, 2.45) is 5.92 Å². The average molecular weight is 403 g/mol. The van der Waals surface area contributed by atoms with Crippen LogP contribution in [0.15, 0.2) is 33.7 Å². The zero-order valence-corrected chi connectivity index (χ0v) is 16.2. The number of pyridine rings is 1. The van der Waals surface area contributed by atoms with E-state index in [1.54, 1.807) is 6.20 Å². The van der Waals surface area contributed by atoms with Crippen LogP contribution in [0.25, 0.3) is 21.9 Å². The van der Waals surface area contributed by atoms with E-state index in [1.807, 2.05) is 16.7 Å². The van der Waals surface area contributed by atoms with E-state index in [2.05, 4.69) is 51.0 Å². The molecule has 132 valence electrons. The van der Waals surface area contributed by atoms with Crippen LogP contribution >= 0.6 is 15.9 Å². The highest BCUT2D eigenvalue weighted by molar-refractivity contribution is 9.10. The minimum absolute atomic E-state index is 0.0136. The van der Waals surface area contributed by atoms with Crippen LogP contribution in [0.5, 0.6) is 0 Å². The van der Waals surface area contributed by atoms with Gasteiger partial charge in [-0.25, -0.2) is 4.79 Å². The normalized spacial score (nSPS) is 21.4. The summed E-state index contributed by atoms with van der Waals surface area (Å²) in [6.45, 7) is 1.13. The number of nitrogens with zero attached hydrogens (tertiary/aromatic N) is 3. The maximum atomic E-state index is 12.7. The Hall–Kier alpha value is -1.66. The third-order valence-corrected chi connectivity index (χ3v) is 5.80. The summed E-state index contributed by atoms with van der Waals surface area (Å²) < 4.78 is 2.99. The van der Waals surface area contributed by atoms with Crippen molar-refractivity contribution in [3.8, 4) is 0 Å². The van der Waals surface area contributed by atoms with E-state index in [1.165, 1.54) is 12.8 Å². The van der Waals surface area contributed by atoms with E-state index in [0.29, 0.717) is 0 Å². The largest absolute Gasteiger partial charge is 0.326 e. The predicted molar refractivity (Wildman–Crippen MR) is 105 cm³/mol. The summed E-state index contributed by atoms with van der Waals surface area (Å²) in [6, 6.07) is 6.31. The van der Waals surface area contributed by atoms with Crippen LogP contribution in [-0.4, -0.2) is 40.1 Å². The fourth-order valence-corrected chi connectivity index (χ4v) is 4.59. The molecule has 0 saturated heterocycles. The van der Waals surface area contributed by atoms with Gasteiger partial charge in [0.05, 0.1) is 22.7 Å². The summed E-state index contributed by atoms with van der Waals surface area (Å²) in [7, 11) is 4.26. The molecule has 1 aromatic carbocycles. The summed E-state index contributed by atoms with van der Waals surface area (Å²) in [5.41, 5.74) is 2.73. The van der Waals surface area contributed by atoms with Crippen molar-refractivity contribution in [2.75, 3.05) is 20.6 Å². The second-order valence-corrected chi connectivity index (χ2v) is 8.33. The first-order valence-electron chi connectivity index (χ1n) is 8.86. The monoisotopic (exact) mass is 402 g/mol. The maximum absolute atomic E-state index is 12.7. The Kier molecular flexibility index (Phi) is 4.41. The molecule has 1 saturated carbocycles. The van der Waals surface area contributed by atoms with Gasteiger partial charge in [-0.05, 0) is 63.9 Å². The molecule has 1 fully saturated rings. The van der Waals surface area contributed by atoms with Gasteiger partial charge in [0.25, 0.3) is 0 Å². The minimum Gasteiger partial charge on any atom is -0.309 e. The van der Waals surface area contributed by atoms with Gasteiger partial charge in [-0.3, -0.25) is 9.55 Å². The Morgan fingerprint density at radius 2 is 2.04 bits per heavy atom. The maximum Gasteiger partial charge on any atom is 0.326 e. The van der Waals surface area contributed by atoms with E-state index in [4.69, 9.17) is 0 Å². The quantitative estimate of drug-likeness (QED) is 0.721. The predicted octanol–water partition coefficient (Wildman–Crippen LogP) is 3.93. The van der Waals surface area contributed by atoms with Crippen LogP contribution in [0.3, 0.4) is 0 Å². The lowest BCUT2D eigenvalue weighted by atomic mass is 9.85. The standard InChI is InChI=1S/C19H23BrN4O/c1-23(2)11-12-3-6-14(7-4-12)24-18-15-9-13(20)5-8-16(15)21-10-17(18)22-19(24)25/h5,8-10,12,14H,3-4,6-7,11H2,1-2H3,(H,22,25). The molecular weight excluding hydrogens is 380 g/mol. The number of halogens is 1. The molecule has 2 aromatic heterocycles. The molecule has 6 heteroatoms. The second-order valence-electron chi connectivity index (χ2n) is 7.42. The third kappa shape index (κ3) is 3.13. The van der Waals surface area contributed by atoms with Crippen molar-refractivity contribution in [2.45, 2.75) is 31.7 Å². The van der Waals surface area contributed by atoms with Crippen molar-refractivity contribution >= 4 is 37.9 Å². The third-order valence-electron chi connectivity index (χ3n) is 5.31. The van der Waals surface area contributed by atoms with Gasteiger partial charge in [0.2, 0.25) is 0 Å². The first kappa shape index (κ1) is 16.8. The van der Waals surface area contributed by atoms with Gasteiger partial charge in [-0.1, -0.05) is 15.9 Å². The number of imidazole rings is 1. The molecule has 0 spiro atoms. The van der Waals surface area contributed by atoms with Gasteiger partial charge in [0.1, 0.15) is 0 Å². The van der Waals surface area contributed by atoms with Crippen molar-refractivity contribution < 1.29 is 0 Å². The highest BCUT2D eigenvalue weighted by atomic mass is 79.9. The minimum atomic E-state index is -0.0136. The van der Waals surface area contributed by atoms with Gasteiger partial charge in [-0.2, -0.15) is 0 Å². The van der Waals surface area contributed by atoms with Crippen LogP contribution < -0.4 is 5.69 Å². The van der Waals surface area contributed by atoms with Crippen molar-refractivity contribution in [1.29, 1.82) is 0 Å². The van der Waals surface area contributed by atoms with Gasteiger partial charge < -0.3 is 9.88 Å². The fourth-order valence-electron chi connectivity index (χ4n) is 4.23. The first-order valence-corrected chi connectivity index (χ1v) is 9.65. The number of fused-ring (bicyclic) bond motifs is 3. The number of rotatable bonds is 3. The molecule has 2 heterocycles. The molecule has 1 aliphatic rings. The van der Waals surface area contributed by atoms with Crippen LogP contribution in [0.2, 0.25) is 0 Å². The van der Waals surface area contributed by atoms with E-state index < -0.39 is 0 Å². The van der Waals surface area contributed by atoms with Gasteiger partial charge in [0.15, 0.2) is 0 Å². The Balaban J connectivity index is 1.76. The number of benzene rings is 1. The van der Waals surface area contributed by atoms with E-state index in [0.717, 1.165) is 51.7 Å². The molecule has 0 amide bonds. The molecule has 25 heavy (non-hydrogen) atoms. The molecule has 1 N–H and O–H groups in total. The Bertz CT molecular complexity index is 967. The van der Waals surface area contributed by atoms with Crippen molar-refractivity contribution in [1.82, 2.24) is 19.4 Å².